The quantitative estimate of drug-likeness (QED) is 0.509. The van der Waals surface area contributed by atoms with Crippen molar-refractivity contribution in [1.82, 2.24) is 9.72 Å². The molecule has 0 radical (unpaired) electrons. The molecule has 0 unspecified atom stereocenters. The minimum atomic E-state index is -0.651. The Kier molecular flexibility index (Phi) is 4.90. The van der Waals surface area contributed by atoms with E-state index in [1.54, 1.807) is 38.1 Å². The minimum Gasteiger partial charge on any atom is -0.454 e. The molecule has 0 N–H and O–H groups in total. The molecule has 0 amide bonds. The number of carbonyl (C=O) groups is 2. The van der Waals surface area contributed by atoms with Crippen LogP contribution in [0.15, 0.2) is 40.9 Å². The second-order valence-electron chi connectivity index (χ2n) is 6.11. The molecule has 27 heavy (non-hydrogen) atoms. The number of benzene rings is 1. The van der Waals surface area contributed by atoms with E-state index < -0.39 is 12.6 Å². The van der Waals surface area contributed by atoms with E-state index in [9.17, 15) is 9.59 Å². The van der Waals surface area contributed by atoms with Crippen LogP contribution in [-0.2, 0) is 4.74 Å². The average molecular weight is 363 g/mol. The molecular weight excluding hydrogens is 346 g/mol. The van der Waals surface area contributed by atoms with Gasteiger partial charge >= 0.3 is 5.97 Å². The van der Waals surface area contributed by atoms with E-state index in [1.165, 1.54) is 12.1 Å². The van der Waals surface area contributed by atoms with Gasteiger partial charge < -0.3 is 9.26 Å². The number of aromatic nitrogens is 2. The zero-order valence-corrected chi connectivity index (χ0v) is 15.1. The molecule has 3 rings (SSSR count). The summed E-state index contributed by atoms with van der Waals surface area (Å²) in [5.41, 5.74) is 2.53. The first kappa shape index (κ1) is 18.1. The van der Waals surface area contributed by atoms with Crippen molar-refractivity contribution in [1.29, 1.82) is 5.26 Å². The van der Waals surface area contributed by atoms with E-state index in [2.05, 4.69) is 5.16 Å². The summed E-state index contributed by atoms with van der Waals surface area (Å²) in [6.45, 7) is 5.05. The van der Waals surface area contributed by atoms with Gasteiger partial charge in [-0.15, -0.1) is 0 Å². The molecule has 0 aliphatic rings. The van der Waals surface area contributed by atoms with Gasteiger partial charge in [0.05, 0.1) is 17.2 Å². The third-order valence-electron chi connectivity index (χ3n) is 4.14. The van der Waals surface area contributed by atoms with Crippen molar-refractivity contribution in [2.75, 3.05) is 6.61 Å². The van der Waals surface area contributed by atoms with Crippen molar-refractivity contribution in [2.45, 2.75) is 20.8 Å². The van der Waals surface area contributed by atoms with E-state index in [0.29, 0.717) is 28.4 Å². The van der Waals surface area contributed by atoms with Crippen LogP contribution in [0.2, 0.25) is 0 Å². The maximum Gasteiger partial charge on any atom is 0.338 e. The molecule has 3 aromatic rings. The Morgan fingerprint density at radius 1 is 1.22 bits per heavy atom. The number of Topliss-reactive ketones (excluding diaryl/α,β-unsaturated/α-hetero) is 1. The van der Waals surface area contributed by atoms with Gasteiger partial charge in [-0.05, 0) is 45.0 Å². The third-order valence-corrected chi connectivity index (χ3v) is 4.14. The molecule has 0 spiro atoms. The number of nitriles is 1. The summed E-state index contributed by atoms with van der Waals surface area (Å²) in [4.78, 5) is 24.7. The highest BCUT2D eigenvalue weighted by atomic mass is 16.5. The highest BCUT2D eigenvalue weighted by molar-refractivity contribution is 6.00. The number of rotatable bonds is 5. The summed E-state index contributed by atoms with van der Waals surface area (Å²) in [6, 6.07) is 11.6. The number of hydrogen-bond donors (Lipinski definition) is 0. The van der Waals surface area contributed by atoms with Gasteiger partial charge in [0.2, 0.25) is 5.78 Å². The first-order valence-electron chi connectivity index (χ1n) is 8.24. The van der Waals surface area contributed by atoms with Gasteiger partial charge in [0.15, 0.2) is 12.4 Å². The van der Waals surface area contributed by atoms with Crippen LogP contribution in [0.25, 0.3) is 5.82 Å². The Hall–Kier alpha value is -3.66. The minimum absolute atomic E-state index is 0.227. The smallest absolute Gasteiger partial charge is 0.338 e. The Labute approximate surface area is 155 Å². The number of ketones is 1. The fraction of sp³-hybridized carbons (Fsp3) is 0.200. The van der Waals surface area contributed by atoms with Crippen molar-refractivity contribution in [3.63, 3.8) is 0 Å². The van der Waals surface area contributed by atoms with Crippen molar-refractivity contribution >= 4 is 11.8 Å². The van der Waals surface area contributed by atoms with Gasteiger partial charge in [0, 0.05) is 23.0 Å². The van der Waals surface area contributed by atoms with E-state index in [4.69, 9.17) is 14.5 Å². The van der Waals surface area contributed by atoms with Crippen LogP contribution in [0.1, 0.15) is 43.4 Å². The standard InChI is InChI=1S/C20H17N3O4/c1-12-7-17(14(3)23(12)19-8-13(2)27-22-19)18(24)11-26-20(25)16-6-4-5-15(9-16)10-21/h4-9H,11H2,1-3H3. The lowest BCUT2D eigenvalue weighted by Gasteiger charge is -2.06. The number of carbonyl (C=O) groups excluding carboxylic acids is 2. The van der Waals surface area contributed by atoms with Crippen LogP contribution in [-0.4, -0.2) is 28.1 Å². The summed E-state index contributed by atoms with van der Waals surface area (Å²) in [5.74, 6) is 0.284. The van der Waals surface area contributed by atoms with Gasteiger partial charge in [-0.25, -0.2) is 4.79 Å². The Bertz CT molecular complexity index is 1070. The molecule has 136 valence electrons. The Morgan fingerprint density at radius 2 is 2.00 bits per heavy atom. The molecular formula is C20H17N3O4. The topological polar surface area (TPSA) is 98.1 Å². The second-order valence-corrected chi connectivity index (χ2v) is 6.11. The monoisotopic (exact) mass is 363 g/mol. The van der Waals surface area contributed by atoms with Gasteiger partial charge in [0.1, 0.15) is 5.76 Å². The lowest BCUT2D eigenvalue weighted by molar-refractivity contribution is 0.0474. The van der Waals surface area contributed by atoms with Gasteiger partial charge in [0.25, 0.3) is 0 Å². The van der Waals surface area contributed by atoms with Crippen molar-refractivity contribution in [3.8, 4) is 11.9 Å². The van der Waals surface area contributed by atoms with Crippen LogP contribution in [0.4, 0.5) is 0 Å². The highest BCUT2D eigenvalue weighted by Gasteiger charge is 2.20. The third kappa shape index (κ3) is 3.65. The fourth-order valence-electron chi connectivity index (χ4n) is 2.86. The highest BCUT2D eigenvalue weighted by Crippen LogP contribution is 2.21. The lowest BCUT2D eigenvalue weighted by Crippen LogP contribution is -2.15. The maximum absolute atomic E-state index is 12.5. The molecule has 2 aromatic heterocycles. The molecule has 1 aromatic carbocycles. The second kappa shape index (κ2) is 7.30. The summed E-state index contributed by atoms with van der Waals surface area (Å²) >= 11 is 0. The lowest BCUT2D eigenvalue weighted by atomic mass is 10.1. The Morgan fingerprint density at radius 3 is 2.67 bits per heavy atom. The number of ether oxygens (including phenoxy) is 1. The summed E-state index contributed by atoms with van der Waals surface area (Å²) in [6.07, 6.45) is 0. The van der Waals surface area contributed by atoms with Crippen LogP contribution >= 0.6 is 0 Å². The molecule has 0 atom stereocenters. The zero-order valence-electron chi connectivity index (χ0n) is 15.1. The summed E-state index contributed by atoms with van der Waals surface area (Å²) < 4.78 is 12.0. The fourth-order valence-corrected chi connectivity index (χ4v) is 2.86. The molecule has 0 bridgehead atoms. The van der Waals surface area contributed by atoms with Gasteiger partial charge in [-0.3, -0.25) is 9.36 Å². The molecule has 0 saturated carbocycles. The predicted molar refractivity (Wildman–Crippen MR) is 95.8 cm³/mol. The Balaban J connectivity index is 1.75. The maximum atomic E-state index is 12.5. The summed E-state index contributed by atoms with van der Waals surface area (Å²) in [7, 11) is 0. The van der Waals surface area contributed by atoms with E-state index in [1.807, 2.05) is 17.6 Å². The average Bonchev–Trinajstić information content (AvgIpc) is 3.21. The number of hydrogen-bond acceptors (Lipinski definition) is 6. The molecule has 2 heterocycles. The number of esters is 1. The zero-order chi connectivity index (χ0) is 19.6. The first-order chi connectivity index (χ1) is 12.9. The van der Waals surface area contributed by atoms with Crippen molar-refractivity contribution in [3.05, 3.63) is 70.2 Å². The molecule has 7 heteroatoms. The van der Waals surface area contributed by atoms with Crippen LogP contribution in [0, 0.1) is 32.1 Å². The largest absolute Gasteiger partial charge is 0.454 e. The van der Waals surface area contributed by atoms with Crippen LogP contribution < -0.4 is 0 Å². The van der Waals surface area contributed by atoms with E-state index in [-0.39, 0.29) is 11.3 Å². The van der Waals surface area contributed by atoms with Gasteiger partial charge in [-0.1, -0.05) is 11.2 Å². The first-order valence-corrected chi connectivity index (χ1v) is 8.24. The normalized spacial score (nSPS) is 10.4. The molecule has 0 fully saturated rings. The van der Waals surface area contributed by atoms with E-state index >= 15 is 0 Å². The van der Waals surface area contributed by atoms with E-state index in [0.717, 1.165) is 5.69 Å². The van der Waals surface area contributed by atoms with Crippen molar-refractivity contribution < 1.29 is 18.8 Å². The van der Waals surface area contributed by atoms with Crippen LogP contribution in [0.3, 0.4) is 0 Å². The predicted octanol–water partition coefficient (Wildman–Crippen LogP) is 3.30. The van der Waals surface area contributed by atoms with Crippen molar-refractivity contribution in [2.24, 2.45) is 0 Å². The summed E-state index contributed by atoms with van der Waals surface area (Å²) in [5, 5.41) is 12.9. The molecule has 0 aliphatic carbocycles. The molecule has 0 aliphatic heterocycles. The van der Waals surface area contributed by atoms with Crippen LogP contribution in [0.5, 0.6) is 0 Å². The number of aryl methyl sites for hydroxylation is 2. The van der Waals surface area contributed by atoms with Gasteiger partial charge in [-0.2, -0.15) is 5.26 Å². The SMILES string of the molecule is Cc1cc(-n2c(C)cc(C(=O)COC(=O)c3cccc(C#N)c3)c2C)no1. The molecule has 7 nitrogen and oxygen atoms in total. The molecule has 0 saturated heterocycles. The number of nitrogens with zero attached hydrogens (tertiary/aromatic N) is 3.